The summed E-state index contributed by atoms with van der Waals surface area (Å²) >= 11 is 0. The standard InChI is InChI=1S/C21H24N2O7S/c1-31(27,28)30-12-3-2-10-29-11-4-5-15-6-7-17-16(13-15)14-23(21(17)26)18-8-9-19(24)22-20(18)25/h6-7,13,18H,2-3,8-12,14H2,1H3,(H,22,24,25). The van der Waals surface area contributed by atoms with Gasteiger partial charge in [0.05, 0.1) is 12.9 Å². The molecule has 3 rings (SSSR count). The monoisotopic (exact) mass is 448 g/mol. The van der Waals surface area contributed by atoms with Crippen molar-refractivity contribution in [2.45, 2.75) is 38.3 Å². The molecule has 9 nitrogen and oxygen atoms in total. The summed E-state index contributed by atoms with van der Waals surface area (Å²) < 4.78 is 31.7. The van der Waals surface area contributed by atoms with Crippen LogP contribution in [0.25, 0.3) is 0 Å². The molecule has 1 atom stereocenters. The molecule has 1 aromatic carbocycles. The number of imide groups is 1. The Balaban J connectivity index is 1.47. The van der Waals surface area contributed by atoms with Gasteiger partial charge in [-0.3, -0.25) is 23.9 Å². The summed E-state index contributed by atoms with van der Waals surface area (Å²) in [4.78, 5) is 37.6. The fourth-order valence-electron chi connectivity index (χ4n) is 3.43. The van der Waals surface area contributed by atoms with Crippen LogP contribution in [0.5, 0.6) is 0 Å². The molecule has 3 amide bonds. The lowest BCUT2D eigenvalue weighted by Gasteiger charge is -2.29. The Hall–Kier alpha value is -2.74. The fraction of sp³-hybridized carbons (Fsp3) is 0.476. The number of carbonyl (C=O) groups excluding carboxylic acids is 3. The SMILES string of the molecule is CS(=O)(=O)OCCCCOCC#Cc1ccc2c(c1)CN(C1CCC(=O)NC1=O)C2=O. The molecule has 0 aliphatic carbocycles. The highest BCUT2D eigenvalue weighted by Crippen LogP contribution is 2.28. The van der Waals surface area contributed by atoms with Crippen LogP contribution in [0.2, 0.25) is 0 Å². The smallest absolute Gasteiger partial charge is 0.264 e. The van der Waals surface area contributed by atoms with Crippen molar-refractivity contribution in [3.63, 3.8) is 0 Å². The lowest BCUT2D eigenvalue weighted by atomic mass is 10.0. The third-order valence-corrected chi connectivity index (χ3v) is 5.51. The van der Waals surface area contributed by atoms with Crippen molar-refractivity contribution >= 4 is 27.8 Å². The summed E-state index contributed by atoms with van der Waals surface area (Å²) in [5.74, 6) is 4.93. The Bertz CT molecular complexity index is 1040. The normalized spacial score (nSPS) is 18.4. The molecule has 10 heteroatoms. The quantitative estimate of drug-likeness (QED) is 0.267. The number of piperidine rings is 1. The van der Waals surface area contributed by atoms with E-state index in [4.69, 9.17) is 4.74 Å². The fourth-order valence-corrected chi connectivity index (χ4v) is 3.85. The van der Waals surface area contributed by atoms with Crippen LogP contribution in [0, 0.1) is 11.8 Å². The van der Waals surface area contributed by atoms with Crippen molar-refractivity contribution in [2.75, 3.05) is 26.1 Å². The first-order chi connectivity index (χ1) is 14.7. The van der Waals surface area contributed by atoms with E-state index >= 15 is 0 Å². The Morgan fingerprint density at radius 2 is 1.97 bits per heavy atom. The van der Waals surface area contributed by atoms with E-state index < -0.39 is 22.1 Å². The number of carbonyl (C=O) groups is 3. The van der Waals surface area contributed by atoms with E-state index in [1.807, 2.05) is 6.07 Å². The molecule has 166 valence electrons. The lowest BCUT2D eigenvalue weighted by Crippen LogP contribution is -2.52. The molecule has 1 saturated heterocycles. The molecule has 31 heavy (non-hydrogen) atoms. The number of ether oxygens (including phenoxy) is 1. The van der Waals surface area contributed by atoms with E-state index in [0.717, 1.165) is 17.4 Å². The molecule has 2 aliphatic rings. The third kappa shape index (κ3) is 6.37. The van der Waals surface area contributed by atoms with Crippen LogP contribution >= 0.6 is 0 Å². The maximum Gasteiger partial charge on any atom is 0.264 e. The van der Waals surface area contributed by atoms with E-state index in [1.54, 1.807) is 12.1 Å². The van der Waals surface area contributed by atoms with Gasteiger partial charge in [-0.15, -0.1) is 0 Å². The van der Waals surface area contributed by atoms with Crippen molar-refractivity contribution in [1.82, 2.24) is 10.2 Å². The second kappa shape index (κ2) is 10.0. The van der Waals surface area contributed by atoms with Crippen molar-refractivity contribution in [3.05, 3.63) is 34.9 Å². The van der Waals surface area contributed by atoms with Gasteiger partial charge in [0.1, 0.15) is 12.6 Å². The molecule has 0 aromatic heterocycles. The van der Waals surface area contributed by atoms with Gasteiger partial charge >= 0.3 is 0 Å². The molecular weight excluding hydrogens is 424 g/mol. The van der Waals surface area contributed by atoms with E-state index in [1.165, 1.54) is 4.90 Å². The van der Waals surface area contributed by atoms with E-state index in [9.17, 15) is 22.8 Å². The zero-order valence-corrected chi connectivity index (χ0v) is 18.0. The van der Waals surface area contributed by atoms with Crippen molar-refractivity contribution in [2.24, 2.45) is 0 Å². The van der Waals surface area contributed by atoms with Crippen molar-refractivity contribution in [3.8, 4) is 11.8 Å². The largest absolute Gasteiger partial charge is 0.369 e. The molecule has 0 spiro atoms. The predicted molar refractivity (Wildman–Crippen MR) is 110 cm³/mol. The summed E-state index contributed by atoms with van der Waals surface area (Å²) in [6.45, 7) is 1.12. The number of nitrogens with zero attached hydrogens (tertiary/aromatic N) is 1. The van der Waals surface area contributed by atoms with Gasteiger partial charge < -0.3 is 9.64 Å². The summed E-state index contributed by atoms with van der Waals surface area (Å²) in [5, 5.41) is 2.29. The van der Waals surface area contributed by atoms with E-state index in [2.05, 4.69) is 21.3 Å². The third-order valence-electron chi connectivity index (χ3n) is 4.91. The minimum atomic E-state index is -3.40. The predicted octanol–water partition coefficient (Wildman–Crippen LogP) is 0.572. The minimum Gasteiger partial charge on any atom is -0.369 e. The summed E-state index contributed by atoms with van der Waals surface area (Å²) in [5.41, 5.74) is 2.08. The van der Waals surface area contributed by atoms with Crippen molar-refractivity contribution in [1.29, 1.82) is 0 Å². The Labute approximate surface area is 181 Å². The molecule has 0 radical (unpaired) electrons. The van der Waals surface area contributed by atoms with Crippen LogP contribution in [0.3, 0.4) is 0 Å². The number of nitrogens with one attached hydrogen (secondary N) is 1. The van der Waals surface area contributed by atoms with Crippen LogP contribution in [0.15, 0.2) is 18.2 Å². The molecule has 1 aromatic rings. The van der Waals surface area contributed by atoms with Gasteiger partial charge in [-0.2, -0.15) is 8.42 Å². The first kappa shape index (κ1) is 22.9. The molecule has 1 fully saturated rings. The first-order valence-corrected chi connectivity index (χ1v) is 11.7. The van der Waals surface area contributed by atoms with Crippen LogP contribution in [-0.2, 0) is 35.2 Å². The molecule has 2 aliphatic heterocycles. The first-order valence-electron chi connectivity index (χ1n) is 9.93. The zero-order valence-electron chi connectivity index (χ0n) is 17.2. The highest BCUT2D eigenvalue weighted by Gasteiger charge is 2.38. The number of benzene rings is 1. The van der Waals surface area contributed by atoms with E-state index in [-0.39, 0.29) is 31.4 Å². The average molecular weight is 448 g/mol. The molecule has 1 N–H and O–H groups in total. The Morgan fingerprint density at radius 3 is 2.71 bits per heavy atom. The number of amides is 3. The number of hydrogen-bond donors (Lipinski definition) is 1. The van der Waals surface area contributed by atoms with Gasteiger partial charge in [-0.1, -0.05) is 11.8 Å². The zero-order chi connectivity index (χ0) is 22.4. The highest BCUT2D eigenvalue weighted by atomic mass is 32.2. The van der Waals surface area contributed by atoms with E-state index in [0.29, 0.717) is 38.0 Å². The van der Waals surface area contributed by atoms with Gasteiger partial charge in [-0.25, -0.2) is 0 Å². The van der Waals surface area contributed by atoms with Gasteiger partial charge in [0, 0.05) is 30.7 Å². The lowest BCUT2D eigenvalue weighted by molar-refractivity contribution is -0.136. The molecular formula is C21H24N2O7S. The number of rotatable bonds is 8. The van der Waals surface area contributed by atoms with Gasteiger partial charge in [-0.05, 0) is 43.0 Å². The Morgan fingerprint density at radius 1 is 1.19 bits per heavy atom. The van der Waals surface area contributed by atoms with Crippen molar-refractivity contribution < 1.29 is 31.7 Å². The average Bonchev–Trinajstić information content (AvgIpc) is 3.01. The number of hydrogen-bond acceptors (Lipinski definition) is 7. The second-order valence-electron chi connectivity index (χ2n) is 7.36. The summed E-state index contributed by atoms with van der Waals surface area (Å²) in [6.07, 6.45) is 2.80. The maximum absolute atomic E-state index is 12.7. The molecule has 0 saturated carbocycles. The molecule has 1 unspecified atom stereocenters. The van der Waals surface area contributed by atoms with Gasteiger partial charge in [0.2, 0.25) is 11.8 Å². The van der Waals surface area contributed by atoms with Crippen LogP contribution in [-0.4, -0.2) is 63.2 Å². The van der Waals surface area contributed by atoms with Crippen LogP contribution < -0.4 is 5.32 Å². The highest BCUT2D eigenvalue weighted by molar-refractivity contribution is 7.85. The topological polar surface area (TPSA) is 119 Å². The summed E-state index contributed by atoms with van der Waals surface area (Å²) in [7, 11) is -3.40. The van der Waals surface area contributed by atoms with Crippen LogP contribution in [0.4, 0.5) is 0 Å². The molecule has 2 heterocycles. The number of unbranched alkanes of at least 4 members (excludes halogenated alkanes) is 1. The maximum atomic E-state index is 12.7. The summed E-state index contributed by atoms with van der Waals surface area (Å²) in [6, 6.07) is 4.65. The Kier molecular flexibility index (Phi) is 7.43. The van der Waals surface area contributed by atoms with Gasteiger partial charge in [0.25, 0.3) is 16.0 Å². The molecule has 0 bridgehead atoms. The number of fused-ring (bicyclic) bond motifs is 1. The minimum absolute atomic E-state index is 0.136. The second-order valence-corrected chi connectivity index (χ2v) is 9.00. The van der Waals surface area contributed by atoms with Gasteiger partial charge in [0.15, 0.2) is 0 Å². The van der Waals surface area contributed by atoms with Crippen LogP contribution in [0.1, 0.15) is 47.2 Å².